The maximum absolute atomic E-state index is 5.29. The molecule has 11 rings (SSSR count). The summed E-state index contributed by atoms with van der Waals surface area (Å²) in [6.45, 7) is 2.38. The molecule has 8 aromatic carbocycles. The van der Waals surface area contributed by atoms with Crippen molar-refractivity contribution >= 4 is 42.3 Å². The van der Waals surface area contributed by atoms with Crippen molar-refractivity contribution < 1.29 is 0 Å². The summed E-state index contributed by atoms with van der Waals surface area (Å²) in [4.78, 5) is 10.5. The third-order valence-corrected chi connectivity index (χ3v) is 12.8. The molecule has 0 aliphatic heterocycles. The number of fused-ring (bicyclic) bond motifs is 7. The smallest absolute Gasteiger partial charge is 0.160 e. The lowest BCUT2D eigenvalue weighted by atomic mass is 9.74. The van der Waals surface area contributed by atoms with Gasteiger partial charge in [-0.1, -0.05) is 170 Å². The van der Waals surface area contributed by atoms with Crippen molar-refractivity contribution in [2.75, 3.05) is 0 Å². The van der Waals surface area contributed by atoms with E-state index in [0.29, 0.717) is 0 Å². The van der Waals surface area contributed by atoms with Crippen molar-refractivity contribution in [3.05, 3.63) is 205 Å². The first-order valence-corrected chi connectivity index (χ1v) is 19.6. The van der Waals surface area contributed by atoms with Crippen LogP contribution in [0, 0.1) is 0 Å². The third kappa shape index (κ3) is 4.94. The molecule has 1 atom stereocenters. The summed E-state index contributed by atoms with van der Waals surface area (Å²) < 4.78 is 2.53. The average Bonchev–Trinajstić information content (AvgIpc) is 3.77. The normalized spacial score (nSPS) is 14.7. The van der Waals surface area contributed by atoms with Crippen LogP contribution in [-0.4, -0.2) is 9.97 Å². The first-order chi connectivity index (χ1) is 27.1. The molecule has 2 aromatic heterocycles. The Morgan fingerprint density at radius 2 is 0.982 bits per heavy atom. The Kier molecular flexibility index (Phi) is 7.20. The van der Waals surface area contributed by atoms with E-state index in [4.69, 9.17) is 9.97 Å². The van der Waals surface area contributed by atoms with E-state index in [1.807, 2.05) is 17.4 Å². The zero-order valence-corrected chi connectivity index (χ0v) is 31.0. The van der Waals surface area contributed by atoms with Crippen LogP contribution >= 0.6 is 11.3 Å². The molecule has 2 heterocycles. The number of nitrogens with zero attached hydrogens (tertiary/aromatic N) is 2. The molecule has 0 fully saturated rings. The van der Waals surface area contributed by atoms with Gasteiger partial charge in [-0.2, -0.15) is 0 Å². The van der Waals surface area contributed by atoms with E-state index in [-0.39, 0.29) is 5.41 Å². The summed E-state index contributed by atoms with van der Waals surface area (Å²) in [5, 5.41) is 4.90. The minimum absolute atomic E-state index is 0.262. The summed E-state index contributed by atoms with van der Waals surface area (Å²) in [6, 6.07) is 68.0. The van der Waals surface area contributed by atoms with Crippen LogP contribution in [0.3, 0.4) is 0 Å². The van der Waals surface area contributed by atoms with E-state index in [9.17, 15) is 0 Å². The molecule has 10 aromatic rings. The molecule has 1 aliphatic carbocycles. The molecule has 1 aliphatic rings. The van der Waals surface area contributed by atoms with Crippen molar-refractivity contribution in [1.82, 2.24) is 9.97 Å². The number of hydrogen-bond donors (Lipinski definition) is 0. The first kappa shape index (κ1) is 31.8. The summed E-state index contributed by atoms with van der Waals surface area (Å²) in [5.74, 6) is 0.720. The van der Waals surface area contributed by atoms with Gasteiger partial charge in [0.05, 0.1) is 11.4 Å². The zero-order valence-electron chi connectivity index (χ0n) is 30.2. The van der Waals surface area contributed by atoms with Crippen molar-refractivity contribution in [3.63, 3.8) is 0 Å². The molecule has 0 radical (unpaired) electrons. The Morgan fingerprint density at radius 1 is 0.400 bits per heavy atom. The van der Waals surface area contributed by atoms with Gasteiger partial charge in [0.2, 0.25) is 0 Å². The lowest BCUT2D eigenvalue weighted by molar-refractivity contribution is 0.714. The summed E-state index contributed by atoms with van der Waals surface area (Å²) in [6.07, 6.45) is 0. The maximum Gasteiger partial charge on any atom is 0.160 e. The van der Waals surface area contributed by atoms with E-state index < -0.39 is 0 Å². The van der Waals surface area contributed by atoms with Gasteiger partial charge in [-0.15, -0.1) is 11.3 Å². The Labute approximate surface area is 324 Å². The highest BCUT2D eigenvalue weighted by molar-refractivity contribution is 7.26. The fraction of sp³-hybridized carbons (Fsp3) is 0.0385. The average molecular weight is 719 g/mol. The van der Waals surface area contributed by atoms with E-state index in [1.54, 1.807) is 0 Å². The van der Waals surface area contributed by atoms with E-state index in [1.165, 1.54) is 69.9 Å². The highest BCUT2D eigenvalue weighted by Crippen LogP contribution is 2.53. The van der Waals surface area contributed by atoms with Crippen molar-refractivity contribution in [2.24, 2.45) is 0 Å². The van der Waals surface area contributed by atoms with Crippen molar-refractivity contribution in [3.8, 4) is 56.2 Å². The Hall–Kier alpha value is -6.68. The van der Waals surface area contributed by atoms with Gasteiger partial charge in [-0.3, -0.25) is 0 Å². The predicted octanol–water partition coefficient (Wildman–Crippen LogP) is 14.0. The van der Waals surface area contributed by atoms with Gasteiger partial charge in [0.15, 0.2) is 5.82 Å². The minimum Gasteiger partial charge on any atom is -0.228 e. The minimum atomic E-state index is -0.262. The van der Waals surface area contributed by atoms with Gasteiger partial charge in [-0.05, 0) is 74.8 Å². The van der Waals surface area contributed by atoms with Gasteiger partial charge in [0, 0.05) is 42.3 Å². The molecule has 0 bridgehead atoms. The molecule has 0 spiro atoms. The second-order valence-corrected chi connectivity index (χ2v) is 15.7. The van der Waals surface area contributed by atoms with E-state index >= 15 is 0 Å². The van der Waals surface area contributed by atoms with Gasteiger partial charge in [0.1, 0.15) is 0 Å². The SMILES string of the molecule is CC1(c2ccccc2)c2ccccc2-c2ccc(-c3ccc(-c4cc(-c5cccc6c5sc5ccccc56)nc(-c5ccccc5)n4)c4ccccc34)cc21. The van der Waals surface area contributed by atoms with E-state index in [0.717, 1.165) is 33.9 Å². The highest BCUT2D eigenvalue weighted by Gasteiger charge is 2.40. The van der Waals surface area contributed by atoms with Crippen LogP contribution in [0.1, 0.15) is 23.6 Å². The number of aromatic nitrogens is 2. The van der Waals surface area contributed by atoms with Crippen LogP contribution in [0.15, 0.2) is 188 Å². The largest absolute Gasteiger partial charge is 0.228 e. The van der Waals surface area contributed by atoms with E-state index in [2.05, 4.69) is 189 Å². The third-order valence-electron chi connectivity index (χ3n) is 11.6. The number of benzene rings is 8. The van der Waals surface area contributed by atoms with Gasteiger partial charge in [-0.25, -0.2) is 9.97 Å². The molecule has 0 saturated heterocycles. The van der Waals surface area contributed by atoms with Crippen molar-refractivity contribution in [2.45, 2.75) is 12.3 Å². The van der Waals surface area contributed by atoms with Crippen LogP contribution < -0.4 is 0 Å². The fourth-order valence-corrected chi connectivity index (χ4v) is 10.1. The second-order valence-electron chi connectivity index (χ2n) is 14.6. The maximum atomic E-state index is 5.29. The lowest BCUT2D eigenvalue weighted by Crippen LogP contribution is -2.22. The summed E-state index contributed by atoms with van der Waals surface area (Å²) in [5.41, 5.74) is 13.8. The highest BCUT2D eigenvalue weighted by atomic mass is 32.1. The van der Waals surface area contributed by atoms with Crippen LogP contribution in [-0.2, 0) is 5.41 Å². The second kappa shape index (κ2) is 12.4. The Bertz CT molecular complexity index is 3110. The van der Waals surface area contributed by atoms with Crippen LogP contribution in [0.4, 0.5) is 0 Å². The molecule has 0 N–H and O–H groups in total. The molecule has 2 nitrogen and oxygen atoms in total. The quantitative estimate of drug-likeness (QED) is 0.177. The molecule has 0 amide bonds. The Morgan fingerprint density at radius 3 is 1.80 bits per heavy atom. The molecule has 1 unspecified atom stereocenters. The predicted molar refractivity (Wildman–Crippen MR) is 232 cm³/mol. The zero-order chi connectivity index (χ0) is 36.5. The van der Waals surface area contributed by atoms with Crippen LogP contribution in [0.5, 0.6) is 0 Å². The topological polar surface area (TPSA) is 25.8 Å². The molecular formula is C52H34N2S. The number of rotatable bonds is 5. The fourth-order valence-electron chi connectivity index (χ4n) is 8.90. The van der Waals surface area contributed by atoms with Gasteiger partial charge < -0.3 is 0 Å². The summed E-state index contributed by atoms with van der Waals surface area (Å²) in [7, 11) is 0. The monoisotopic (exact) mass is 718 g/mol. The van der Waals surface area contributed by atoms with Crippen LogP contribution in [0.25, 0.3) is 87.1 Å². The lowest BCUT2D eigenvalue weighted by Gasteiger charge is -2.28. The molecular weight excluding hydrogens is 685 g/mol. The molecule has 55 heavy (non-hydrogen) atoms. The first-order valence-electron chi connectivity index (χ1n) is 18.8. The molecule has 258 valence electrons. The molecule has 3 heteroatoms. The number of thiophene rings is 1. The Balaban J connectivity index is 1.10. The number of hydrogen-bond acceptors (Lipinski definition) is 3. The van der Waals surface area contributed by atoms with Crippen LogP contribution in [0.2, 0.25) is 0 Å². The van der Waals surface area contributed by atoms with Gasteiger partial charge in [0.25, 0.3) is 0 Å². The standard InChI is InChI=1S/C52H34N2S/c1-52(35-17-6-3-7-18-35)45-25-12-10-21-39(45)40-28-27-34(31-46(40)52)36-29-30-41(38-20-9-8-19-37(36)38)47-32-48(54-51(53-47)33-15-4-2-5-16-33)44-24-14-23-43-42-22-11-13-26-49(42)55-50(43)44/h2-32H,1H3. The summed E-state index contributed by atoms with van der Waals surface area (Å²) >= 11 is 1.83. The molecule has 0 saturated carbocycles. The van der Waals surface area contributed by atoms with Gasteiger partial charge >= 0.3 is 0 Å². The van der Waals surface area contributed by atoms with Crippen molar-refractivity contribution in [1.29, 1.82) is 0 Å².